The summed E-state index contributed by atoms with van der Waals surface area (Å²) in [6.45, 7) is 4.35. The molecule has 2 N–H and O–H groups in total. The smallest absolute Gasteiger partial charge is 0.251 e. The normalized spacial score (nSPS) is 16.5. The van der Waals surface area contributed by atoms with Crippen LogP contribution in [0.5, 0.6) is 0 Å². The Hall–Kier alpha value is -2.66. The molecule has 0 aromatic heterocycles. The minimum Gasteiger partial charge on any atom is -0.352 e. The average Bonchev–Trinajstić information content (AvgIpc) is 3.24. The molecule has 1 saturated heterocycles. The molecule has 1 fully saturated rings. The Morgan fingerprint density at radius 2 is 1.56 bits per heavy atom. The topological polar surface area (TPSA) is 61.4 Å². The number of rotatable bonds is 7. The molecule has 2 aromatic rings. The molecule has 142 valence electrons. The van der Waals surface area contributed by atoms with Crippen molar-refractivity contribution in [2.45, 2.75) is 31.8 Å². The van der Waals surface area contributed by atoms with Crippen molar-refractivity contribution in [2.75, 3.05) is 19.6 Å². The number of nitrogens with zero attached hydrogens (tertiary/aromatic N) is 1. The van der Waals surface area contributed by atoms with E-state index >= 15 is 0 Å². The van der Waals surface area contributed by atoms with Gasteiger partial charge in [0, 0.05) is 12.1 Å². The number of hydrogen-bond acceptors (Lipinski definition) is 3. The summed E-state index contributed by atoms with van der Waals surface area (Å²) in [5, 5.41) is 5.78. The van der Waals surface area contributed by atoms with Gasteiger partial charge in [-0.25, -0.2) is 0 Å². The van der Waals surface area contributed by atoms with Crippen LogP contribution in [0.15, 0.2) is 60.7 Å². The molecule has 0 spiro atoms. The molecular formula is C22H27N3O2. The third-order valence-corrected chi connectivity index (χ3v) is 5.01. The maximum absolute atomic E-state index is 12.5. The summed E-state index contributed by atoms with van der Waals surface area (Å²) < 4.78 is 0. The van der Waals surface area contributed by atoms with Crippen LogP contribution in [0.4, 0.5) is 0 Å². The molecule has 0 radical (unpaired) electrons. The van der Waals surface area contributed by atoms with Crippen LogP contribution in [-0.2, 0) is 4.79 Å². The number of amides is 2. The fourth-order valence-corrected chi connectivity index (χ4v) is 3.47. The van der Waals surface area contributed by atoms with E-state index in [9.17, 15) is 9.59 Å². The summed E-state index contributed by atoms with van der Waals surface area (Å²) in [6, 6.07) is 18.8. The number of nitrogens with one attached hydrogen (secondary N) is 2. The Bertz CT molecular complexity index is 743. The molecule has 5 nitrogen and oxygen atoms in total. The van der Waals surface area contributed by atoms with E-state index in [1.165, 1.54) is 18.4 Å². The standard InChI is InChI=1S/C22H27N3O2/c1-17(24-22(27)19-12-6-3-7-13-19)21(26)23-16-20(25-14-8-9-15-25)18-10-4-2-5-11-18/h2-7,10-13,17,20H,8-9,14-16H2,1H3,(H,23,26)(H,24,27). The summed E-state index contributed by atoms with van der Waals surface area (Å²) >= 11 is 0. The van der Waals surface area contributed by atoms with Gasteiger partial charge in [0.05, 0.1) is 6.04 Å². The summed E-state index contributed by atoms with van der Waals surface area (Å²) in [5.41, 5.74) is 1.76. The van der Waals surface area contributed by atoms with Gasteiger partial charge in [-0.15, -0.1) is 0 Å². The average molecular weight is 365 g/mol. The highest BCUT2D eigenvalue weighted by Gasteiger charge is 2.25. The molecule has 27 heavy (non-hydrogen) atoms. The van der Waals surface area contributed by atoms with Crippen molar-refractivity contribution >= 4 is 11.8 Å². The molecule has 0 aliphatic carbocycles. The van der Waals surface area contributed by atoms with E-state index in [0.29, 0.717) is 12.1 Å². The van der Waals surface area contributed by atoms with Gasteiger partial charge in [0.25, 0.3) is 5.91 Å². The van der Waals surface area contributed by atoms with Crippen molar-refractivity contribution in [1.29, 1.82) is 0 Å². The Morgan fingerprint density at radius 3 is 2.19 bits per heavy atom. The third kappa shape index (κ3) is 5.17. The molecule has 2 aromatic carbocycles. The molecule has 0 bridgehead atoms. The third-order valence-electron chi connectivity index (χ3n) is 5.01. The second-order valence-electron chi connectivity index (χ2n) is 6.98. The van der Waals surface area contributed by atoms with E-state index in [0.717, 1.165) is 13.1 Å². The minimum absolute atomic E-state index is 0.162. The summed E-state index contributed by atoms with van der Waals surface area (Å²) in [7, 11) is 0. The van der Waals surface area contributed by atoms with Crippen molar-refractivity contribution < 1.29 is 9.59 Å². The van der Waals surface area contributed by atoms with E-state index in [-0.39, 0.29) is 17.9 Å². The van der Waals surface area contributed by atoms with Gasteiger partial charge in [0.15, 0.2) is 0 Å². The van der Waals surface area contributed by atoms with Gasteiger partial charge in [0.1, 0.15) is 6.04 Å². The lowest BCUT2D eigenvalue weighted by Gasteiger charge is -2.28. The second-order valence-corrected chi connectivity index (χ2v) is 6.98. The monoisotopic (exact) mass is 365 g/mol. The van der Waals surface area contributed by atoms with Crippen LogP contribution in [0.1, 0.15) is 41.7 Å². The largest absolute Gasteiger partial charge is 0.352 e. The zero-order chi connectivity index (χ0) is 19.1. The Labute approximate surface area is 160 Å². The number of hydrogen-bond donors (Lipinski definition) is 2. The maximum Gasteiger partial charge on any atom is 0.251 e. The Kier molecular flexibility index (Phi) is 6.60. The molecule has 0 saturated carbocycles. The van der Waals surface area contributed by atoms with E-state index in [4.69, 9.17) is 0 Å². The van der Waals surface area contributed by atoms with Gasteiger partial charge in [-0.3, -0.25) is 14.5 Å². The fraction of sp³-hybridized carbons (Fsp3) is 0.364. The lowest BCUT2D eigenvalue weighted by atomic mass is 10.1. The minimum atomic E-state index is -0.590. The highest BCUT2D eigenvalue weighted by molar-refractivity contribution is 5.97. The van der Waals surface area contributed by atoms with E-state index in [2.05, 4.69) is 27.7 Å². The van der Waals surface area contributed by atoms with Gasteiger partial charge >= 0.3 is 0 Å². The van der Waals surface area contributed by atoms with Crippen LogP contribution in [0.3, 0.4) is 0 Å². The van der Waals surface area contributed by atoms with Crippen molar-refractivity contribution in [2.24, 2.45) is 0 Å². The lowest BCUT2D eigenvalue weighted by Crippen LogP contribution is -2.47. The van der Waals surface area contributed by atoms with Crippen LogP contribution in [0, 0.1) is 0 Å². The van der Waals surface area contributed by atoms with Crippen molar-refractivity contribution in [3.63, 3.8) is 0 Å². The first kappa shape index (κ1) is 19.1. The summed E-state index contributed by atoms with van der Waals surface area (Å²) in [6.07, 6.45) is 2.39. The number of benzene rings is 2. The first-order valence-electron chi connectivity index (χ1n) is 9.58. The van der Waals surface area contributed by atoms with Gasteiger partial charge in [-0.2, -0.15) is 0 Å². The van der Waals surface area contributed by atoms with Gasteiger partial charge in [0.2, 0.25) is 5.91 Å². The quantitative estimate of drug-likeness (QED) is 0.793. The Balaban J connectivity index is 1.57. The van der Waals surface area contributed by atoms with Crippen molar-refractivity contribution in [3.8, 4) is 0 Å². The highest BCUT2D eigenvalue weighted by atomic mass is 16.2. The molecular weight excluding hydrogens is 338 g/mol. The van der Waals surface area contributed by atoms with E-state index in [1.807, 2.05) is 24.3 Å². The van der Waals surface area contributed by atoms with Crippen molar-refractivity contribution in [1.82, 2.24) is 15.5 Å². The summed E-state index contributed by atoms with van der Waals surface area (Å²) in [4.78, 5) is 27.2. The molecule has 2 amide bonds. The van der Waals surface area contributed by atoms with Crippen LogP contribution in [0.2, 0.25) is 0 Å². The maximum atomic E-state index is 12.5. The highest BCUT2D eigenvalue weighted by Crippen LogP contribution is 2.24. The zero-order valence-corrected chi connectivity index (χ0v) is 15.7. The molecule has 2 unspecified atom stereocenters. The molecule has 2 atom stereocenters. The second kappa shape index (κ2) is 9.33. The lowest BCUT2D eigenvalue weighted by molar-refractivity contribution is -0.122. The molecule has 1 aliphatic heterocycles. The molecule has 1 heterocycles. The predicted octanol–water partition coefficient (Wildman–Crippen LogP) is 2.76. The van der Waals surface area contributed by atoms with Crippen LogP contribution < -0.4 is 10.6 Å². The molecule has 5 heteroatoms. The number of carbonyl (C=O) groups is 2. The van der Waals surface area contributed by atoms with Crippen molar-refractivity contribution in [3.05, 3.63) is 71.8 Å². The van der Waals surface area contributed by atoms with Gasteiger partial charge in [-0.05, 0) is 50.6 Å². The fourth-order valence-electron chi connectivity index (χ4n) is 3.47. The SMILES string of the molecule is CC(NC(=O)c1ccccc1)C(=O)NCC(c1ccccc1)N1CCCC1. The first-order valence-corrected chi connectivity index (χ1v) is 9.58. The number of carbonyl (C=O) groups excluding carboxylic acids is 2. The number of likely N-dealkylation sites (tertiary alicyclic amines) is 1. The van der Waals surface area contributed by atoms with Crippen LogP contribution in [-0.4, -0.2) is 42.4 Å². The predicted molar refractivity (Wildman–Crippen MR) is 106 cm³/mol. The van der Waals surface area contributed by atoms with E-state index in [1.54, 1.807) is 31.2 Å². The zero-order valence-electron chi connectivity index (χ0n) is 15.7. The van der Waals surface area contributed by atoms with Gasteiger partial charge in [-0.1, -0.05) is 48.5 Å². The molecule has 3 rings (SSSR count). The van der Waals surface area contributed by atoms with E-state index < -0.39 is 6.04 Å². The molecule has 1 aliphatic rings. The van der Waals surface area contributed by atoms with Crippen LogP contribution >= 0.6 is 0 Å². The van der Waals surface area contributed by atoms with Gasteiger partial charge < -0.3 is 10.6 Å². The summed E-state index contributed by atoms with van der Waals surface area (Å²) in [5.74, 6) is -0.406. The first-order chi connectivity index (χ1) is 13.1. The van der Waals surface area contributed by atoms with Crippen LogP contribution in [0.25, 0.3) is 0 Å². The Morgan fingerprint density at radius 1 is 0.963 bits per heavy atom.